The maximum atomic E-state index is 12.8. The third kappa shape index (κ3) is 5.17. The first kappa shape index (κ1) is 21.6. The van der Waals surface area contributed by atoms with Crippen LogP contribution in [0.3, 0.4) is 0 Å². The van der Waals surface area contributed by atoms with Crippen molar-refractivity contribution in [1.82, 2.24) is 9.80 Å². The Morgan fingerprint density at radius 1 is 1.33 bits per heavy atom. The third-order valence-electron chi connectivity index (χ3n) is 6.08. The molecule has 0 bridgehead atoms. The van der Waals surface area contributed by atoms with Gasteiger partial charge in [-0.25, -0.2) is 0 Å². The summed E-state index contributed by atoms with van der Waals surface area (Å²) in [7, 11) is 0. The lowest BCUT2D eigenvalue weighted by atomic mass is 9.90. The molecule has 5 nitrogen and oxygen atoms in total. The molecule has 1 aromatic heterocycles. The lowest BCUT2D eigenvalue weighted by molar-refractivity contribution is -0.133. The summed E-state index contributed by atoms with van der Waals surface area (Å²) >= 11 is 7.76. The van der Waals surface area contributed by atoms with Gasteiger partial charge >= 0.3 is 0 Å². The number of hydrogen-bond acceptors (Lipinski definition) is 5. The number of rotatable bonds is 5. The van der Waals surface area contributed by atoms with Crippen molar-refractivity contribution in [3.63, 3.8) is 0 Å². The number of amides is 1. The van der Waals surface area contributed by atoms with Gasteiger partial charge in [-0.15, -0.1) is 11.3 Å². The molecule has 1 N–H and O–H groups in total. The Bertz CT molecular complexity index is 852. The van der Waals surface area contributed by atoms with Crippen molar-refractivity contribution < 1.29 is 14.6 Å². The number of carbonyl (C=O) groups is 1. The SMILES string of the molecule is CC1CN(CCC(=O)N2CCC(C(O)c3cccs3)CC2)Cc2cc(Cl)ccc2O1. The van der Waals surface area contributed by atoms with Crippen LogP contribution in [0.5, 0.6) is 5.75 Å². The molecule has 162 valence electrons. The van der Waals surface area contributed by atoms with Crippen LogP contribution in [-0.4, -0.2) is 53.1 Å². The van der Waals surface area contributed by atoms with E-state index < -0.39 is 6.10 Å². The minimum atomic E-state index is -0.410. The molecular formula is C23H29ClN2O3S. The summed E-state index contributed by atoms with van der Waals surface area (Å²) in [6.45, 7) is 5.74. The van der Waals surface area contributed by atoms with Crippen molar-refractivity contribution in [3.05, 3.63) is 51.2 Å². The predicted molar refractivity (Wildman–Crippen MR) is 120 cm³/mol. The van der Waals surface area contributed by atoms with Gasteiger partial charge in [0.05, 0.1) is 6.10 Å². The second-order valence-corrected chi connectivity index (χ2v) is 9.76. The lowest BCUT2D eigenvalue weighted by Gasteiger charge is -2.34. The van der Waals surface area contributed by atoms with Gasteiger partial charge in [-0.2, -0.15) is 0 Å². The number of aliphatic hydroxyl groups excluding tert-OH is 1. The molecule has 2 unspecified atom stereocenters. The minimum absolute atomic E-state index is 0.0667. The molecule has 1 amide bonds. The number of aliphatic hydroxyl groups is 1. The molecule has 1 saturated heterocycles. The van der Waals surface area contributed by atoms with E-state index >= 15 is 0 Å². The van der Waals surface area contributed by atoms with E-state index in [1.54, 1.807) is 11.3 Å². The van der Waals surface area contributed by atoms with Gasteiger partial charge in [0.2, 0.25) is 5.91 Å². The van der Waals surface area contributed by atoms with Gasteiger partial charge in [0.1, 0.15) is 11.9 Å². The molecule has 2 aliphatic rings. The Labute approximate surface area is 187 Å². The molecule has 0 saturated carbocycles. The molecule has 2 aliphatic heterocycles. The Balaban J connectivity index is 1.27. The van der Waals surface area contributed by atoms with Crippen molar-refractivity contribution in [2.45, 2.75) is 44.9 Å². The van der Waals surface area contributed by atoms with Gasteiger partial charge in [-0.3, -0.25) is 9.69 Å². The largest absolute Gasteiger partial charge is 0.489 e. The first-order chi connectivity index (χ1) is 14.5. The quantitative estimate of drug-likeness (QED) is 0.738. The van der Waals surface area contributed by atoms with Crippen molar-refractivity contribution in [3.8, 4) is 5.75 Å². The van der Waals surface area contributed by atoms with Crippen molar-refractivity contribution in [2.24, 2.45) is 5.92 Å². The highest BCUT2D eigenvalue weighted by Gasteiger charge is 2.29. The molecule has 4 rings (SSSR count). The van der Waals surface area contributed by atoms with Crippen LogP contribution < -0.4 is 4.74 Å². The smallest absolute Gasteiger partial charge is 0.223 e. The van der Waals surface area contributed by atoms with Crippen LogP contribution in [-0.2, 0) is 11.3 Å². The molecule has 3 heterocycles. The summed E-state index contributed by atoms with van der Waals surface area (Å²) < 4.78 is 6.01. The van der Waals surface area contributed by atoms with Crippen LogP contribution in [0.25, 0.3) is 0 Å². The number of carbonyl (C=O) groups excluding carboxylic acids is 1. The first-order valence-corrected chi connectivity index (χ1v) is 11.9. The Morgan fingerprint density at radius 3 is 2.87 bits per heavy atom. The summed E-state index contributed by atoms with van der Waals surface area (Å²) in [5.41, 5.74) is 1.07. The predicted octanol–water partition coefficient (Wildman–Crippen LogP) is 4.35. The van der Waals surface area contributed by atoms with Crippen LogP contribution >= 0.6 is 22.9 Å². The zero-order valence-electron chi connectivity index (χ0n) is 17.3. The summed E-state index contributed by atoms with van der Waals surface area (Å²) in [6.07, 6.45) is 1.86. The number of fused-ring (bicyclic) bond motifs is 1. The highest BCUT2D eigenvalue weighted by Crippen LogP contribution is 2.33. The number of benzene rings is 1. The van der Waals surface area contributed by atoms with E-state index in [1.165, 1.54) is 0 Å². The van der Waals surface area contributed by atoms with Crippen molar-refractivity contribution in [1.29, 1.82) is 0 Å². The summed E-state index contributed by atoms with van der Waals surface area (Å²) in [5.74, 6) is 1.31. The fourth-order valence-corrected chi connectivity index (χ4v) is 5.45. The monoisotopic (exact) mass is 448 g/mol. The van der Waals surface area contributed by atoms with E-state index in [1.807, 2.05) is 40.6 Å². The zero-order chi connectivity index (χ0) is 21.1. The number of ether oxygens (including phenoxy) is 1. The fourth-order valence-electron chi connectivity index (χ4n) is 4.45. The van der Waals surface area contributed by atoms with Gasteiger partial charge in [-0.05, 0) is 55.3 Å². The van der Waals surface area contributed by atoms with Crippen LogP contribution in [0.2, 0.25) is 5.02 Å². The molecule has 0 radical (unpaired) electrons. The van der Waals surface area contributed by atoms with Crippen molar-refractivity contribution in [2.75, 3.05) is 26.2 Å². The van der Waals surface area contributed by atoms with Gasteiger partial charge in [0.15, 0.2) is 0 Å². The Hall–Kier alpha value is -1.60. The molecule has 0 aliphatic carbocycles. The molecule has 1 fully saturated rings. The van der Waals surface area contributed by atoms with Crippen LogP contribution in [0.4, 0.5) is 0 Å². The lowest BCUT2D eigenvalue weighted by Crippen LogP contribution is -2.41. The number of piperidine rings is 1. The van der Waals surface area contributed by atoms with Crippen molar-refractivity contribution >= 4 is 28.8 Å². The average Bonchev–Trinajstić information content (AvgIpc) is 3.23. The zero-order valence-corrected chi connectivity index (χ0v) is 18.9. The molecule has 7 heteroatoms. The van der Waals surface area contributed by atoms with E-state index in [2.05, 4.69) is 11.8 Å². The second-order valence-electron chi connectivity index (χ2n) is 8.34. The number of thiophene rings is 1. The van der Waals surface area contributed by atoms with E-state index in [9.17, 15) is 9.90 Å². The highest BCUT2D eigenvalue weighted by atomic mass is 35.5. The summed E-state index contributed by atoms with van der Waals surface area (Å²) in [4.78, 5) is 18.1. The fraction of sp³-hybridized carbons (Fsp3) is 0.522. The molecular weight excluding hydrogens is 420 g/mol. The van der Waals surface area contributed by atoms with Crippen LogP contribution in [0, 0.1) is 5.92 Å². The van der Waals surface area contributed by atoms with E-state index in [0.29, 0.717) is 18.0 Å². The van der Waals surface area contributed by atoms with Gasteiger partial charge in [-0.1, -0.05) is 17.7 Å². The van der Waals surface area contributed by atoms with Crippen LogP contribution in [0.15, 0.2) is 35.7 Å². The first-order valence-electron chi connectivity index (χ1n) is 10.7. The Morgan fingerprint density at radius 2 is 2.13 bits per heavy atom. The van der Waals surface area contributed by atoms with Gasteiger partial charge < -0.3 is 14.7 Å². The second kappa shape index (κ2) is 9.69. The normalized spacial score (nSPS) is 21.6. The average molecular weight is 449 g/mol. The van der Waals surface area contributed by atoms with E-state index in [4.69, 9.17) is 16.3 Å². The van der Waals surface area contributed by atoms with Gasteiger partial charge in [0, 0.05) is 54.6 Å². The number of likely N-dealkylation sites (tertiary alicyclic amines) is 1. The highest BCUT2D eigenvalue weighted by molar-refractivity contribution is 7.10. The van der Waals surface area contributed by atoms with E-state index in [-0.39, 0.29) is 17.9 Å². The number of hydrogen-bond donors (Lipinski definition) is 1. The maximum Gasteiger partial charge on any atom is 0.223 e. The summed E-state index contributed by atoms with van der Waals surface area (Å²) in [6, 6.07) is 9.70. The molecule has 30 heavy (non-hydrogen) atoms. The minimum Gasteiger partial charge on any atom is -0.489 e. The third-order valence-corrected chi connectivity index (χ3v) is 7.25. The van der Waals surface area contributed by atoms with E-state index in [0.717, 1.165) is 55.2 Å². The molecule has 0 spiro atoms. The maximum absolute atomic E-state index is 12.8. The molecule has 1 aromatic carbocycles. The van der Waals surface area contributed by atoms with Crippen LogP contribution in [0.1, 0.15) is 42.7 Å². The standard InChI is InChI=1S/C23H29ClN2O3S/c1-16-14-25(15-18-13-19(24)4-5-20(18)29-16)9-8-22(27)26-10-6-17(7-11-26)23(28)21-3-2-12-30-21/h2-5,12-13,16-17,23,28H,6-11,14-15H2,1H3. The van der Waals surface area contributed by atoms with Gasteiger partial charge in [0.25, 0.3) is 0 Å². The molecule has 2 atom stereocenters. The number of nitrogens with zero attached hydrogens (tertiary/aromatic N) is 2. The summed E-state index contributed by atoms with van der Waals surface area (Å²) in [5, 5.41) is 13.3. The molecule has 2 aromatic rings. The Kier molecular flexibility index (Phi) is 6.98. The topological polar surface area (TPSA) is 53.0 Å². The number of halogens is 1.